The van der Waals surface area contributed by atoms with E-state index in [1.807, 2.05) is 19.9 Å². The van der Waals surface area contributed by atoms with E-state index < -0.39 is 5.60 Å². The summed E-state index contributed by atoms with van der Waals surface area (Å²) in [5.41, 5.74) is 0.809. The Labute approximate surface area is 150 Å². The molecule has 1 amide bonds. The highest BCUT2D eigenvalue weighted by Gasteiger charge is 2.42. The van der Waals surface area contributed by atoms with Crippen molar-refractivity contribution in [2.45, 2.75) is 52.1 Å². The molecule has 6 heteroatoms. The van der Waals surface area contributed by atoms with Gasteiger partial charge in [0.2, 0.25) is 5.88 Å². The summed E-state index contributed by atoms with van der Waals surface area (Å²) in [5, 5.41) is 2.99. The Morgan fingerprint density at radius 2 is 2.24 bits per heavy atom. The van der Waals surface area contributed by atoms with Gasteiger partial charge in [-0.25, -0.2) is 4.98 Å². The van der Waals surface area contributed by atoms with Crippen molar-refractivity contribution >= 4 is 11.6 Å². The Morgan fingerprint density at radius 3 is 2.88 bits per heavy atom. The number of ether oxygens (including phenoxy) is 3. The van der Waals surface area contributed by atoms with Crippen molar-refractivity contribution in [1.82, 2.24) is 4.98 Å². The standard InChI is InChI=1S/C19H30N2O4/c1-5-25-19(8-6-7-14(2)12-19)18(22)21-16-11-15(3)17(20-13-16)24-10-9-23-4/h11,13-14H,5-10,12H2,1-4H3,(H,21,22)/t14-,19-/m1/s1. The van der Waals surface area contributed by atoms with E-state index in [-0.39, 0.29) is 5.91 Å². The number of rotatable bonds is 8. The molecule has 1 aliphatic carbocycles. The first-order valence-corrected chi connectivity index (χ1v) is 9.04. The van der Waals surface area contributed by atoms with Gasteiger partial charge in [-0.2, -0.15) is 0 Å². The molecular weight excluding hydrogens is 320 g/mol. The Bertz CT molecular complexity index is 575. The highest BCUT2D eigenvalue weighted by Crippen LogP contribution is 2.36. The zero-order valence-electron chi connectivity index (χ0n) is 15.8. The van der Waals surface area contributed by atoms with Crippen LogP contribution in [0.2, 0.25) is 0 Å². The van der Waals surface area contributed by atoms with Crippen molar-refractivity contribution in [3.8, 4) is 5.88 Å². The number of aromatic nitrogens is 1. The van der Waals surface area contributed by atoms with Gasteiger partial charge in [-0.05, 0) is 45.1 Å². The average Bonchev–Trinajstić information content (AvgIpc) is 2.57. The van der Waals surface area contributed by atoms with E-state index in [0.29, 0.717) is 37.3 Å². The molecule has 0 aromatic carbocycles. The first-order chi connectivity index (χ1) is 12.0. The van der Waals surface area contributed by atoms with E-state index in [2.05, 4.69) is 17.2 Å². The lowest BCUT2D eigenvalue weighted by molar-refractivity contribution is -0.147. The first-order valence-electron chi connectivity index (χ1n) is 9.04. The zero-order valence-corrected chi connectivity index (χ0v) is 15.8. The van der Waals surface area contributed by atoms with Crippen LogP contribution >= 0.6 is 0 Å². The summed E-state index contributed by atoms with van der Waals surface area (Å²) in [4.78, 5) is 17.2. The molecular formula is C19H30N2O4. The fraction of sp³-hybridized carbons (Fsp3) is 0.684. The number of amides is 1. The average molecular weight is 350 g/mol. The van der Waals surface area contributed by atoms with E-state index in [4.69, 9.17) is 14.2 Å². The van der Waals surface area contributed by atoms with Crippen LogP contribution in [0.1, 0.15) is 45.1 Å². The van der Waals surface area contributed by atoms with Gasteiger partial charge in [0.25, 0.3) is 5.91 Å². The quantitative estimate of drug-likeness (QED) is 0.728. The van der Waals surface area contributed by atoms with Crippen LogP contribution in [0.5, 0.6) is 5.88 Å². The van der Waals surface area contributed by atoms with Crippen molar-refractivity contribution in [1.29, 1.82) is 0 Å². The summed E-state index contributed by atoms with van der Waals surface area (Å²) < 4.78 is 16.4. The fourth-order valence-corrected chi connectivity index (χ4v) is 3.43. The number of carbonyl (C=O) groups excluding carboxylic acids is 1. The van der Waals surface area contributed by atoms with Gasteiger partial charge in [-0.3, -0.25) is 4.79 Å². The maximum absolute atomic E-state index is 12.9. The van der Waals surface area contributed by atoms with Gasteiger partial charge in [0.15, 0.2) is 0 Å². The van der Waals surface area contributed by atoms with E-state index in [0.717, 1.165) is 31.2 Å². The Morgan fingerprint density at radius 1 is 1.44 bits per heavy atom. The van der Waals surface area contributed by atoms with Gasteiger partial charge in [0.1, 0.15) is 12.2 Å². The smallest absolute Gasteiger partial charge is 0.256 e. The molecule has 1 aliphatic rings. The molecule has 140 valence electrons. The predicted octanol–water partition coefficient (Wildman–Crippen LogP) is 3.34. The van der Waals surface area contributed by atoms with Crippen LogP contribution in [0.25, 0.3) is 0 Å². The second kappa shape index (κ2) is 9.15. The van der Waals surface area contributed by atoms with Crippen LogP contribution in [-0.2, 0) is 14.3 Å². The van der Waals surface area contributed by atoms with Crippen LogP contribution in [0.4, 0.5) is 5.69 Å². The molecule has 1 aromatic heterocycles. The minimum atomic E-state index is -0.728. The van der Waals surface area contributed by atoms with E-state index >= 15 is 0 Å². The van der Waals surface area contributed by atoms with Gasteiger partial charge in [0, 0.05) is 19.3 Å². The molecule has 1 fully saturated rings. The number of nitrogens with zero attached hydrogens (tertiary/aromatic N) is 1. The maximum Gasteiger partial charge on any atom is 0.256 e. The van der Waals surface area contributed by atoms with E-state index in [1.165, 1.54) is 0 Å². The normalized spacial score (nSPS) is 23.3. The maximum atomic E-state index is 12.9. The molecule has 2 rings (SSSR count). The van der Waals surface area contributed by atoms with Gasteiger partial charge in [-0.1, -0.05) is 13.3 Å². The van der Waals surface area contributed by atoms with Crippen LogP contribution in [0, 0.1) is 12.8 Å². The summed E-state index contributed by atoms with van der Waals surface area (Å²) in [5.74, 6) is 0.971. The molecule has 0 spiro atoms. The summed E-state index contributed by atoms with van der Waals surface area (Å²) in [7, 11) is 1.63. The minimum Gasteiger partial charge on any atom is -0.475 e. The SMILES string of the molecule is CCO[C@]1(C(=O)Nc2cnc(OCCOC)c(C)c2)CCC[C@@H](C)C1. The molecule has 0 unspecified atom stereocenters. The molecule has 0 aliphatic heterocycles. The third-order valence-electron chi connectivity index (χ3n) is 4.60. The molecule has 1 heterocycles. The largest absolute Gasteiger partial charge is 0.475 e. The van der Waals surface area contributed by atoms with Crippen LogP contribution in [0.3, 0.4) is 0 Å². The lowest BCUT2D eigenvalue weighted by Gasteiger charge is -2.38. The molecule has 0 bridgehead atoms. The van der Waals surface area contributed by atoms with Crippen molar-refractivity contribution in [3.05, 3.63) is 17.8 Å². The third-order valence-corrected chi connectivity index (χ3v) is 4.60. The number of anilines is 1. The van der Waals surface area contributed by atoms with Crippen molar-refractivity contribution in [2.24, 2.45) is 5.92 Å². The topological polar surface area (TPSA) is 69.7 Å². The number of methoxy groups -OCH3 is 1. The number of aryl methyl sites for hydroxylation is 1. The number of carbonyl (C=O) groups is 1. The predicted molar refractivity (Wildman–Crippen MR) is 97.0 cm³/mol. The van der Waals surface area contributed by atoms with Gasteiger partial charge in [-0.15, -0.1) is 0 Å². The first kappa shape index (κ1) is 19.7. The summed E-state index contributed by atoms with van der Waals surface area (Å²) >= 11 is 0. The summed E-state index contributed by atoms with van der Waals surface area (Å²) in [6.07, 6.45) is 5.31. The van der Waals surface area contributed by atoms with Crippen LogP contribution < -0.4 is 10.1 Å². The molecule has 1 N–H and O–H groups in total. The van der Waals surface area contributed by atoms with Gasteiger partial charge < -0.3 is 19.5 Å². The number of hydrogen-bond acceptors (Lipinski definition) is 5. The minimum absolute atomic E-state index is 0.0739. The molecule has 6 nitrogen and oxygen atoms in total. The Kier molecular flexibility index (Phi) is 7.20. The number of hydrogen-bond donors (Lipinski definition) is 1. The highest BCUT2D eigenvalue weighted by atomic mass is 16.5. The van der Waals surface area contributed by atoms with Crippen LogP contribution in [-0.4, -0.2) is 43.4 Å². The summed E-state index contributed by atoms with van der Waals surface area (Å²) in [6, 6.07) is 1.87. The molecule has 25 heavy (non-hydrogen) atoms. The molecule has 2 atom stereocenters. The molecule has 1 saturated carbocycles. The third kappa shape index (κ3) is 5.16. The van der Waals surface area contributed by atoms with E-state index in [9.17, 15) is 4.79 Å². The Hall–Kier alpha value is -1.66. The number of nitrogens with one attached hydrogen (secondary N) is 1. The van der Waals surface area contributed by atoms with E-state index in [1.54, 1.807) is 13.3 Å². The van der Waals surface area contributed by atoms with Crippen LogP contribution in [0.15, 0.2) is 12.3 Å². The zero-order chi connectivity index (χ0) is 18.3. The Balaban J connectivity index is 2.06. The lowest BCUT2D eigenvalue weighted by atomic mass is 9.78. The fourth-order valence-electron chi connectivity index (χ4n) is 3.43. The molecule has 1 aromatic rings. The summed E-state index contributed by atoms with van der Waals surface area (Å²) in [6.45, 7) is 7.51. The number of pyridine rings is 1. The monoisotopic (exact) mass is 350 g/mol. The second-order valence-corrected chi connectivity index (χ2v) is 6.77. The lowest BCUT2D eigenvalue weighted by Crippen LogP contribution is -2.48. The second-order valence-electron chi connectivity index (χ2n) is 6.77. The molecule has 0 saturated heterocycles. The van der Waals surface area contributed by atoms with Gasteiger partial charge in [0.05, 0.1) is 18.5 Å². The highest BCUT2D eigenvalue weighted by molar-refractivity contribution is 5.97. The van der Waals surface area contributed by atoms with Crippen molar-refractivity contribution in [3.63, 3.8) is 0 Å². The molecule has 0 radical (unpaired) electrons. The van der Waals surface area contributed by atoms with Crippen molar-refractivity contribution in [2.75, 3.05) is 32.2 Å². The van der Waals surface area contributed by atoms with Crippen molar-refractivity contribution < 1.29 is 19.0 Å². The van der Waals surface area contributed by atoms with Gasteiger partial charge >= 0.3 is 0 Å².